The van der Waals surface area contributed by atoms with Crippen LogP contribution in [0, 0.1) is 0 Å². The highest BCUT2D eigenvalue weighted by atomic mass is 16.5. The van der Waals surface area contributed by atoms with Crippen molar-refractivity contribution in [2.75, 3.05) is 7.05 Å². The van der Waals surface area contributed by atoms with Gasteiger partial charge in [-0.15, -0.1) is 0 Å². The third-order valence-corrected chi connectivity index (χ3v) is 3.07. The molecule has 1 saturated heterocycles. The third-order valence-electron chi connectivity index (χ3n) is 3.07. The molecule has 90 valence electrons. The van der Waals surface area contributed by atoms with E-state index in [0.717, 1.165) is 24.2 Å². The van der Waals surface area contributed by atoms with Gasteiger partial charge in [-0.2, -0.15) is 0 Å². The fourth-order valence-corrected chi connectivity index (χ4v) is 2.00. The second-order valence-corrected chi connectivity index (χ2v) is 4.21. The summed E-state index contributed by atoms with van der Waals surface area (Å²) in [7, 11) is 1.79. The summed E-state index contributed by atoms with van der Waals surface area (Å²) in [6.07, 6.45) is 4.01. The Labute approximate surface area is 102 Å². The first-order chi connectivity index (χ1) is 8.22. The van der Waals surface area contributed by atoms with Gasteiger partial charge >= 0.3 is 0 Å². The van der Waals surface area contributed by atoms with Gasteiger partial charge in [0.05, 0.1) is 0 Å². The fourth-order valence-electron chi connectivity index (χ4n) is 2.00. The van der Waals surface area contributed by atoms with E-state index >= 15 is 0 Å². The summed E-state index contributed by atoms with van der Waals surface area (Å²) < 4.78 is 5.89. The Balaban J connectivity index is 2.14. The number of carbonyl (C=O) groups excluding carboxylic acids is 1. The molecule has 1 atom stereocenters. The SMILES string of the molecule is C=Cc1ccccc1OC1CCCC(=O)N1C. The number of benzene rings is 1. The van der Waals surface area contributed by atoms with Crippen molar-refractivity contribution < 1.29 is 9.53 Å². The molecule has 1 aliphatic heterocycles. The lowest BCUT2D eigenvalue weighted by molar-refractivity contribution is -0.141. The number of hydrogen-bond acceptors (Lipinski definition) is 2. The number of hydrogen-bond donors (Lipinski definition) is 0. The zero-order valence-corrected chi connectivity index (χ0v) is 10.1. The van der Waals surface area contributed by atoms with Crippen molar-refractivity contribution >= 4 is 12.0 Å². The van der Waals surface area contributed by atoms with E-state index in [1.807, 2.05) is 24.3 Å². The maximum atomic E-state index is 11.6. The van der Waals surface area contributed by atoms with Gasteiger partial charge in [-0.05, 0) is 12.5 Å². The molecular weight excluding hydrogens is 214 g/mol. The van der Waals surface area contributed by atoms with Crippen molar-refractivity contribution in [2.24, 2.45) is 0 Å². The van der Waals surface area contributed by atoms with Crippen LogP contribution in [0.25, 0.3) is 6.08 Å². The van der Waals surface area contributed by atoms with Crippen LogP contribution in [0.4, 0.5) is 0 Å². The molecule has 1 unspecified atom stereocenters. The molecule has 1 heterocycles. The first kappa shape index (κ1) is 11.7. The smallest absolute Gasteiger partial charge is 0.225 e. The number of ether oxygens (including phenoxy) is 1. The van der Waals surface area contributed by atoms with E-state index in [1.165, 1.54) is 0 Å². The van der Waals surface area contributed by atoms with Crippen LogP contribution >= 0.6 is 0 Å². The van der Waals surface area contributed by atoms with Crippen molar-refractivity contribution in [3.8, 4) is 5.75 Å². The van der Waals surface area contributed by atoms with Gasteiger partial charge in [0.25, 0.3) is 0 Å². The lowest BCUT2D eigenvalue weighted by Gasteiger charge is -2.32. The van der Waals surface area contributed by atoms with Gasteiger partial charge in [0.2, 0.25) is 5.91 Å². The topological polar surface area (TPSA) is 29.5 Å². The first-order valence-corrected chi connectivity index (χ1v) is 5.86. The number of para-hydroxylation sites is 1. The van der Waals surface area contributed by atoms with Crippen molar-refractivity contribution in [3.63, 3.8) is 0 Å². The van der Waals surface area contributed by atoms with E-state index in [1.54, 1.807) is 18.0 Å². The monoisotopic (exact) mass is 231 g/mol. The number of rotatable bonds is 3. The van der Waals surface area contributed by atoms with E-state index in [2.05, 4.69) is 6.58 Å². The molecule has 3 nitrogen and oxygen atoms in total. The van der Waals surface area contributed by atoms with E-state index < -0.39 is 0 Å². The van der Waals surface area contributed by atoms with Gasteiger partial charge < -0.3 is 9.64 Å². The first-order valence-electron chi connectivity index (χ1n) is 5.86. The highest BCUT2D eigenvalue weighted by molar-refractivity contribution is 5.76. The average molecular weight is 231 g/mol. The zero-order valence-electron chi connectivity index (χ0n) is 10.1. The maximum Gasteiger partial charge on any atom is 0.225 e. The molecule has 0 spiro atoms. The molecule has 0 radical (unpaired) electrons. The van der Waals surface area contributed by atoms with E-state index in [-0.39, 0.29) is 12.1 Å². The molecule has 1 aromatic rings. The molecule has 1 aromatic carbocycles. The van der Waals surface area contributed by atoms with Crippen LogP contribution < -0.4 is 4.74 Å². The Hall–Kier alpha value is -1.77. The van der Waals surface area contributed by atoms with Crippen molar-refractivity contribution in [1.82, 2.24) is 4.90 Å². The van der Waals surface area contributed by atoms with Crippen molar-refractivity contribution in [3.05, 3.63) is 36.4 Å². The van der Waals surface area contributed by atoms with Crippen LogP contribution in [0.2, 0.25) is 0 Å². The second kappa shape index (κ2) is 5.04. The Morgan fingerprint density at radius 3 is 3.00 bits per heavy atom. The number of likely N-dealkylation sites (tertiary alicyclic amines) is 1. The summed E-state index contributed by atoms with van der Waals surface area (Å²) in [5.74, 6) is 0.936. The van der Waals surface area contributed by atoms with Gasteiger partial charge in [-0.1, -0.05) is 30.9 Å². The number of piperidine rings is 1. The number of carbonyl (C=O) groups is 1. The zero-order chi connectivity index (χ0) is 12.3. The summed E-state index contributed by atoms with van der Waals surface area (Å²) in [6.45, 7) is 3.76. The Bertz CT molecular complexity index is 428. The highest BCUT2D eigenvalue weighted by Gasteiger charge is 2.26. The summed E-state index contributed by atoms with van der Waals surface area (Å²) in [5, 5.41) is 0. The quantitative estimate of drug-likeness (QED) is 0.800. The molecule has 0 aliphatic carbocycles. The molecule has 2 rings (SSSR count). The van der Waals surface area contributed by atoms with Crippen LogP contribution in [-0.2, 0) is 4.79 Å². The van der Waals surface area contributed by atoms with Crippen molar-refractivity contribution in [1.29, 1.82) is 0 Å². The lowest BCUT2D eigenvalue weighted by atomic mass is 10.1. The summed E-state index contributed by atoms with van der Waals surface area (Å²) >= 11 is 0. The summed E-state index contributed by atoms with van der Waals surface area (Å²) in [5.41, 5.74) is 0.957. The molecule has 0 aromatic heterocycles. The van der Waals surface area contributed by atoms with Gasteiger partial charge in [-0.3, -0.25) is 4.79 Å². The van der Waals surface area contributed by atoms with Gasteiger partial charge in [-0.25, -0.2) is 0 Å². The van der Waals surface area contributed by atoms with E-state index in [4.69, 9.17) is 4.74 Å². The maximum absolute atomic E-state index is 11.6. The van der Waals surface area contributed by atoms with E-state index in [9.17, 15) is 4.79 Å². The van der Waals surface area contributed by atoms with Crippen molar-refractivity contribution in [2.45, 2.75) is 25.5 Å². The standard InChI is InChI=1S/C14H17NO2/c1-3-11-7-4-5-8-12(11)17-14-10-6-9-13(16)15(14)2/h3-5,7-8,14H,1,6,9-10H2,2H3. The van der Waals surface area contributed by atoms with Gasteiger partial charge in [0.15, 0.2) is 6.23 Å². The van der Waals surface area contributed by atoms with Gasteiger partial charge in [0, 0.05) is 25.5 Å². The number of amides is 1. The molecule has 1 fully saturated rings. The largest absolute Gasteiger partial charge is 0.470 e. The summed E-state index contributed by atoms with van der Waals surface area (Å²) in [4.78, 5) is 13.3. The van der Waals surface area contributed by atoms with Crippen LogP contribution in [0.5, 0.6) is 5.75 Å². The lowest BCUT2D eigenvalue weighted by Crippen LogP contribution is -2.44. The molecule has 1 amide bonds. The third kappa shape index (κ3) is 2.49. The number of nitrogens with zero attached hydrogens (tertiary/aromatic N) is 1. The molecule has 1 aliphatic rings. The molecule has 0 bridgehead atoms. The van der Waals surface area contributed by atoms with Gasteiger partial charge in [0.1, 0.15) is 5.75 Å². The van der Waals surface area contributed by atoms with Crippen LogP contribution in [0.1, 0.15) is 24.8 Å². The molecule has 3 heteroatoms. The van der Waals surface area contributed by atoms with E-state index in [0.29, 0.717) is 6.42 Å². The normalized spacial score (nSPS) is 20.2. The average Bonchev–Trinajstić information content (AvgIpc) is 2.35. The molecule has 0 N–H and O–H groups in total. The Morgan fingerprint density at radius 2 is 2.24 bits per heavy atom. The summed E-state index contributed by atoms with van der Waals surface area (Å²) in [6, 6.07) is 7.73. The molecule has 0 saturated carbocycles. The predicted molar refractivity (Wildman–Crippen MR) is 67.6 cm³/mol. The minimum atomic E-state index is -0.155. The highest BCUT2D eigenvalue weighted by Crippen LogP contribution is 2.24. The Morgan fingerprint density at radius 1 is 1.47 bits per heavy atom. The van der Waals surface area contributed by atoms with Crippen LogP contribution in [0.3, 0.4) is 0 Å². The minimum Gasteiger partial charge on any atom is -0.470 e. The van der Waals surface area contributed by atoms with Crippen LogP contribution in [0.15, 0.2) is 30.8 Å². The minimum absolute atomic E-state index is 0.150. The Kier molecular flexibility index (Phi) is 3.47. The van der Waals surface area contributed by atoms with Crippen LogP contribution in [-0.4, -0.2) is 24.1 Å². The molecular formula is C14H17NO2. The fraction of sp³-hybridized carbons (Fsp3) is 0.357. The predicted octanol–water partition coefficient (Wildman–Crippen LogP) is 2.68. The second-order valence-electron chi connectivity index (χ2n) is 4.21. The molecule has 17 heavy (non-hydrogen) atoms.